The van der Waals surface area contributed by atoms with Gasteiger partial charge in [0.05, 0.1) is 0 Å². The highest BCUT2D eigenvalue weighted by Crippen LogP contribution is 2.25. The van der Waals surface area contributed by atoms with Crippen LogP contribution in [0.4, 0.5) is 5.69 Å². The number of piperidine rings is 1. The molecule has 1 N–H and O–H groups in total. The molecule has 134 valence electrons. The van der Waals surface area contributed by atoms with Crippen LogP contribution in [0.3, 0.4) is 0 Å². The number of carbonyl (C=O) groups excluding carboxylic acids is 1. The van der Waals surface area contributed by atoms with Gasteiger partial charge >= 0.3 is 11.8 Å². The Hall–Kier alpha value is -2.37. The lowest BCUT2D eigenvalue weighted by molar-refractivity contribution is 0.0895. The van der Waals surface area contributed by atoms with Crippen LogP contribution < -0.4 is 10.2 Å². The molecular weight excluding hydrogens is 316 g/mol. The molecular formula is C19H26N4O2. The van der Waals surface area contributed by atoms with E-state index in [0.717, 1.165) is 31.0 Å². The molecule has 1 atom stereocenters. The molecule has 1 fully saturated rings. The molecule has 0 unspecified atom stereocenters. The largest absolute Gasteiger partial charge is 0.372 e. The summed E-state index contributed by atoms with van der Waals surface area (Å²) in [7, 11) is 0. The van der Waals surface area contributed by atoms with Gasteiger partial charge in [0.1, 0.15) is 0 Å². The Labute approximate surface area is 148 Å². The van der Waals surface area contributed by atoms with E-state index in [1.165, 1.54) is 18.5 Å². The van der Waals surface area contributed by atoms with Gasteiger partial charge in [-0.2, -0.15) is 4.98 Å². The molecule has 1 aliphatic heterocycles. The summed E-state index contributed by atoms with van der Waals surface area (Å²) in [6.45, 7) is 8.46. The monoisotopic (exact) mass is 342 g/mol. The van der Waals surface area contributed by atoms with Gasteiger partial charge in [0, 0.05) is 30.4 Å². The summed E-state index contributed by atoms with van der Waals surface area (Å²) >= 11 is 0. The quantitative estimate of drug-likeness (QED) is 0.900. The Morgan fingerprint density at radius 1 is 1.32 bits per heavy atom. The van der Waals surface area contributed by atoms with E-state index in [4.69, 9.17) is 4.52 Å². The summed E-state index contributed by atoms with van der Waals surface area (Å²) in [6.07, 6.45) is 3.33. The predicted molar refractivity (Wildman–Crippen MR) is 97.6 cm³/mol. The molecule has 1 aromatic carbocycles. The van der Waals surface area contributed by atoms with Crippen molar-refractivity contribution in [2.75, 3.05) is 18.0 Å². The zero-order valence-electron chi connectivity index (χ0n) is 15.2. The van der Waals surface area contributed by atoms with Crippen LogP contribution in [-0.2, 0) is 0 Å². The van der Waals surface area contributed by atoms with Gasteiger partial charge in [0.25, 0.3) is 0 Å². The Morgan fingerprint density at radius 3 is 2.64 bits per heavy atom. The topological polar surface area (TPSA) is 71.3 Å². The summed E-state index contributed by atoms with van der Waals surface area (Å²) in [5.74, 6) is 0.930. The number of benzene rings is 1. The number of nitrogens with zero attached hydrogens (tertiary/aromatic N) is 3. The third-order valence-electron chi connectivity index (χ3n) is 4.88. The smallest absolute Gasteiger partial charge is 0.316 e. The molecule has 2 aromatic rings. The van der Waals surface area contributed by atoms with E-state index in [1.807, 2.05) is 26.0 Å². The lowest BCUT2D eigenvalue weighted by Crippen LogP contribution is -2.32. The Balaban J connectivity index is 1.67. The molecule has 2 heterocycles. The van der Waals surface area contributed by atoms with Crippen molar-refractivity contribution in [2.45, 2.75) is 46.1 Å². The van der Waals surface area contributed by atoms with Crippen molar-refractivity contribution in [1.29, 1.82) is 0 Å². The average Bonchev–Trinajstić information content (AvgIpc) is 3.13. The molecule has 3 rings (SSSR count). The summed E-state index contributed by atoms with van der Waals surface area (Å²) < 4.78 is 5.10. The molecule has 25 heavy (non-hydrogen) atoms. The maximum Gasteiger partial charge on any atom is 0.316 e. The Kier molecular flexibility index (Phi) is 5.36. The van der Waals surface area contributed by atoms with Gasteiger partial charge in [-0.3, -0.25) is 4.79 Å². The number of amides is 1. The summed E-state index contributed by atoms with van der Waals surface area (Å²) in [5, 5.41) is 6.76. The molecule has 6 heteroatoms. The van der Waals surface area contributed by atoms with Crippen molar-refractivity contribution < 1.29 is 9.32 Å². The first-order valence-electron chi connectivity index (χ1n) is 9.06. The molecule has 1 aromatic heterocycles. The summed E-state index contributed by atoms with van der Waals surface area (Å²) in [4.78, 5) is 18.7. The van der Waals surface area contributed by atoms with Crippen LogP contribution >= 0.6 is 0 Å². The van der Waals surface area contributed by atoms with Crippen molar-refractivity contribution in [2.24, 2.45) is 5.92 Å². The van der Waals surface area contributed by atoms with Crippen molar-refractivity contribution in [1.82, 2.24) is 15.5 Å². The Morgan fingerprint density at radius 2 is 2.00 bits per heavy atom. The fourth-order valence-electron chi connectivity index (χ4n) is 2.91. The van der Waals surface area contributed by atoms with Gasteiger partial charge in [-0.1, -0.05) is 19.0 Å². The normalized spacial score (nSPS) is 16.7. The van der Waals surface area contributed by atoms with Gasteiger partial charge in [0.15, 0.2) is 0 Å². The van der Waals surface area contributed by atoms with E-state index in [9.17, 15) is 4.79 Å². The van der Waals surface area contributed by atoms with Gasteiger partial charge in [-0.05, 0) is 56.4 Å². The van der Waals surface area contributed by atoms with E-state index in [0.29, 0.717) is 5.82 Å². The lowest BCUT2D eigenvalue weighted by atomic mass is 9.98. The van der Waals surface area contributed by atoms with Gasteiger partial charge in [-0.25, -0.2) is 0 Å². The second-order valence-corrected chi connectivity index (χ2v) is 6.92. The highest BCUT2D eigenvalue weighted by Gasteiger charge is 2.19. The minimum atomic E-state index is -0.327. The third-order valence-corrected chi connectivity index (χ3v) is 4.88. The maximum atomic E-state index is 12.0. The van der Waals surface area contributed by atoms with Gasteiger partial charge in [0.2, 0.25) is 5.82 Å². The predicted octanol–water partition coefficient (Wildman–Crippen LogP) is 3.50. The number of anilines is 1. The maximum absolute atomic E-state index is 12.0. The SMILES string of the molecule is CC[C@@H](C)NC(=O)c1nc(-c2ccc(N3CCC(C)CC3)cc2)no1. The zero-order valence-corrected chi connectivity index (χ0v) is 15.2. The average molecular weight is 342 g/mol. The van der Waals surface area contributed by atoms with E-state index in [-0.39, 0.29) is 17.8 Å². The first kappa shape index (κ1) is 17.5. The van der Waals surface area contributed by atoms with Crippen molar-refractivity contribution in [3.05, 3.63) is 30.2 Å². The van der Waals surface area contributed by atoms with Gasteiger partial charge < -0.3 is 14.7 Å². The highest BCUT2D eigenvalue weighted by atomic mass is 16.5. The lowest BCUT2D eigenvalue weighted by Gasteiger charge is -2.32. The Bertz CT molecular complexity index is 702. The highest BCUT2D eigenvalue weighted by molar-refractivity contribution is 5.90. The van der Waals surface area contributed by atoms with Crippen LogP contribution in [0.1, 0.15) is 50.7 Å². The summed E-state index contributed by atoms with van der Waals surface area (Å²) in [5.41, 5.74) is 2.06. The van der Waals surface area contributed by atoms with Crippen molar-refractivity contribution in [3.8, 4) is 11.4 Å². The van der Waals surface area contributed by atoms with E-state index in [1.54, 1.807) is 0 Å². The number of nitrogens with one attached hydrogen (secondary N) is 1. The van der Waals surface area contributed by atoms with Crippen LogP contribution in [0, 0.1) is 5.92 Å². The van der Waals surface area contributed by atoms with Crippen LogP contribution in [0.25, 0.3) is 11.4 Å². The van der Waals surface area contributed by atoms with E-state index in [2.05, 4.69) is 39.4 Å². The van der Waals surface area contributed by atoms with Crippen LogP contribution in [0.15, 0.2) is 28.8 Å². The minimum absolute atomic E-state index is 0.00407. The van der Waals surface area contributed by atoms with E-state index >= 15 is 0 Å². The third kappa shape index (κ3) is 4.18. The van der Waals surface area contributed by atoms with Crippen LogP contribution in [0.2, 0.25) is 0 Å². The molecule has 0 bridgehead atoms. The second kappa shape index (κ2) is 7.68. The zero-order chi connectivity index (χ0) is 17.8. The second-order valence-electron chi connectivity index (χ2n) is 6.92. The minimum Gasteiger partial charge on any atom is -0.372 e. The summed E-state index contributed by atoms with van der Waals surface area (Å²) in [6, 6.07) is 8.21. The number of hydrogen-bond donors (Lipinski definition) is 1. The van der Waals surface area contributed by atoms with Crippen LogP contribution in [0.5, 0.6) is 0 Å². The van der Waals surface area contributed by atoms with Crippen molar-refractivity contribution in [3.63, 3.8) is 0 Å². The first-order chi connectivity index (χ1) is 12.1. The number of aromatic nitrogens is 2. The number of carbonyl (C=O) groups is 1. The first-order valence-corrected chi connectivity index (χ1v) is 9.06. The molecule has 0 spiro atoms. The van der Waals surface area contributed by atoms with E-state index < -0.39 is 0 Å². The van der Waals surface area contributed by atoms with Crippen molar-refractivity contribution >= 4 is 11.6 Å². The molecule has 1 aliphatic rings. The molecule has 1 amide bonds. The molecule has 1 saturated heterocycles. The van der Waals surface area contributed by atoms with Crippen LogP contribution in [-0.4, -0.2) is 35.2 Å². The fraction of sp³-hybridized carbons (Fsp3) is 0.526. The number of rotatable bonds is 5. The van der Waals surface area contributed by atoms with Gasteiger partial charge in [-0.15, -0.1) is 0 Å². The molecule has 0 radical (unpaired) electrons. The molecule has 6 nitrogen and oxygen atoms in total. The molecule has 0 saturated carbocycles. The molecule has 0 aliphatic carbocycles. The standard InChI is InChI=1S/C19H26N4O2/c1-4-14(3)20-18(24)19-21-17(22-25-19)15-5-7-16(8-6-15)23-11-9-13(2)10-12-23/h5-8,13-14H,4,9-12H2,1-3H3,(H,20,24)/t14-/m1/s1. The number of hydrogen-bond acceptors (Lipinski definition) is 5. The fourth-order valence-corrected chi connectivity index (χ4v) is 2.91.